The van der Waals surface area contributed by atoms with Gasteiger partial charge in [0.25, 0.3) is 0 Å². The number of carboxylic acid groups (broad SMARTS) is 1. The normalized spacial score (nSPS) is 16.6. The summed E-state index contributed by atoms with van der Waals surface area (Å²) in [5.74, 6) is -0.0922. The Balaban J connectivity index is 1.67. The van der Waals surface area contributed by atoms with Crippen molar-refractivity contribution in [3.05, 3.63) is 60.3 Å². The third-order valence-electron chi connectivity index (χ3n) is 5.55. The van der Waals surface area contributed by atoms with Crippen molar-refractivity contribution in [2.24, 2.45) is 5.92 Å². The third-order valence-corrected chi connectivity index (χ3v) is 5.55. The van der Waals surface area contributed by atoms with Crippen molar-refractivity contribution >= 4 is 22.6 Å². The summed E-state index contributed by atoms with van der Waals surface area (Å²) < 4.78 is 1.62. The number of benzene rings is 2. The molecular formula is C22H25N3O2. The number of rotatable bonds is 5. The first-order chi connectivity index (χ1) is 13.1. The van der Waals surface area contributed by atoms with E-state index in [4.69, 9.17) is 0 Å². The summed E-state index contributed by atoms with van der Waals surface area (Å²) >= 11 is 0. The Labute approximate surface area is 159 Å². The van der Waals surface area contributed by atoms with Crippen LogP contribution in [-0.2, 0) is 11.2 Å². The van der Waals surface area contributed by atoms with E-state index in [0.29, 0.717) is 6.42 Å². The van der Waals surface area contributed by atoms with Crippen LogP contribution in [0.25, 0.3) is 10.9 Å². The molecule has 1 aromatic heterocycles. The minimum Gasteiger partial charge on any atom is -0.480 e. The van der Waals surface area contributed by atoms with Crippen LogP contribution in [0.3, 0.4) is 0 Å². The Hall–Kier alpha value is -2.82. The van der Waals surface area contributed by atoms with E-state index in [9.17, 15) is 9.90 Å². The summed E-state index contributed by atoms with van der Waals surface area (Å²) in [6, 6.07) is 15.1. The second kappa shape index (κ2) is 7.43. The van der Waals surface area contributed by atoms with Gasteiger partial charge in [-0.25, -0.2) is 4.79 Å². The second-order valence-corrected chi connectivity index (χ2v) is 7.53. The number of anilines is 1. The molecule has 2 heterocycles. The van der Waals surface area contributed by atoms with E-state index in [2.05, 4.69) is 23.0 Å². The lowest BCUT2D eigenvalue weighted by Gasteiger charge is -2.32. The van der Waals surface area contributed by atoms with E-state index in [1.54, 1.807) is 4.68 Å². The van der Waals surface area contributed by atoms with Gasteiger partial charge in [-0.1, -0.05) is 43.3 Å². The maximum atomic E-state index is 11.9. The van der Waals surface area contributed by atoms with Crippen molar-refractivity contribution in [1.82, 2.24) is 9.78 Å². The van der Waals surface area contributed by atoms with Gasteiger partial charge in [0.05, 0.1) is 5.52 Å². The van der Waals surface area contributed by atoms with Crippen LogP contribution in [-0.4, -0.2) is 33.9 Å². The van der Waals surface area contributed by atoms with Crippen LogP contribution in [0.4, 0.5) is 5.69 Å². The molecule has 140 valence electrons. The molecule has 0 saturated carbocycles. The zero-order valence-corrected chi connectivity index (χ0v) is 15.6. The first kappa shape index (κ1) is 17.6. The molecule has 1 N–H and O–H groups in total. The van der Waals surface area contributed by atoms with E-state index < -0.39 is 12.0 Å². The SMILES string of the molecule is CC1CCN(c2cccc3nn(C(Cc4ccccc4)C(=O)O)cc23)CC1. The average molecular weight is 363 g/mol. The smallest absolute Gasteiger partial charge is 0.328 e. The van der Waals surface area contributed by atoms with Gasteiger partial charge >= 0.3 is 5.97 Å². The molecule has 1 fully saturated rings. The van der Waals surface area contributed by atoms with E-state index in [1.807, 2.05) is 48.7 Å². The Morgan fingerprint density at radius 2 is 1.89 bits per heavy atom. The number of carbonyl (C=O) groups is 1. The van der Waals surface area contributed by atoms with Gasteiger partial charge in [0, 0.05) is 36.8 Å². The molecule has 1 aliphatic heterocycles. The number of fused-ring (bicyclic) bond motifs is 1. The largest absolute Gasteiger partial charge is 0.480 e. The van der Waals surface area contributed by atoms with Crippen LogP contribution in [0, 0.1) is 5.92 Å². The quantitative estimate of drug-likeness (QED) is 0.740. The maximum Gasteiger partial charge on any atom is 0.328 e. The molecule has 0 bridgehead atoms. The highest BCUT2D eigenvalue weighted by molar-refractivity contribution is 5.92. The van der Waals surface area contributed by atoms with E-state index in [1.165, 1.54) is 12.8 Å². The summed E-state index contributed by atoms with van der Waals surface area (Å²) in [5.41, 5.74) is 3.01. The number of aliphatic carboxylic acids is 1. The molecule has 2 aromatic carbocycles. The molecule has 0 aliphatic carbocycles. The lowest BCUT2D eigenvalue weighted by Crippen LogP contribution is -2.32. The first-order valence-electron chi connectivity index (χ1n) is 9.61. The fraction of sp³-hybridized carbons (Fsp3) is 0.364. The average Bonchev–Trinajstić information content (AvgIpc) is 3.11. The monoisotopic (exact) mass is 363 g/mol. The molecule has 0 radical (unpaired) electrons. The molecule has 1 aliphatic rings. The lowest BCUT2D eigenvalue weighted by molar-refractivity contribution is -0.141. The number of hydrogen-bond donors (Lipinski definition) is 1. The highest BCUT2D eigenvalue weighted by Gasteiger charge is 2.23. The van der Waals surface area contributed by atoms with Gasteiger partial charge in [0.1, 0.15) is 0 Å². The van der Waals surface area contributed by atoms with E-state index >= 15 is 0 Å². The van der Waals surface area contributed by atoms with Gasteiger partial charge in [-0.15, -0.1) is 0 Å². The van der Waals surface area contributed by atoms with Gasteiger partial charge in [-0.2, -0.15) is 5.10 Å². The molecule has 27 heavy (non-hydrogen) atoms. The van der Waals surface area contributed by atoms with Gasteiger partial charge in [0.15, 0.2) is 6.04 Å². The van der Waals surface area contributed by atoms with Crippen molar-refractivity contribution in [3.63, 3.8) is 0 Å². The van der Waals surface area contributed by atoms with E-state index in [0.717, 1.165) is 41.2 Å². The van der Waals surface area contributed by atoms with Gasteiger partial charge < -0.3 is 10.0 Å². The summed E-state index contributed by atoms with van der Waals surface area (Å²) in [6.07, 6.45) is 4.71. The van der Waals surface area contributed by atoms with Crippen LogP contribution in [0.2, 0.25) is 0 Å². The maximum absolute atomic E-state index is 11.9. The molecule has 3 aromatic rings. The van der Waals surface area contributed by atoms with E-state index in [-0.39, 0.29) is 0 Å². The second-order valence-electron chi connectivity index (χ2n) is 7.53. The summed E-state index contributed by atoms with van der Waals surface area (Å²) in [4.78, 5) is 14.3. The highest BCUT2D eigenvalue weighted by Crippen LogP contribution is 2.31. The number of aromatic nitrogens is 2. The van der Waals surface area contributed by atoms with Gasteiger partial charge in [-0.05, 0) is 36.5 Å². The standard InChI is InChI=1S/C22H25N3O2/c1-16-10-12-24(13-11-16)20-9-5-8-19-18(20)15-25(23-19)21(22(26)27)14-17-6-3-2-4-7-17/h2-9,15-16,21H,10-14H2,1H3,(H,26,27). The van der Waals surface area contributed by atoms with Crippen LogP contribution in [0.1, 0.15) is 31.4 Å². The first-order valence-corrected chi connectivity index (χ1v) is 9.61. The van der Waals surface area contributed by atoms with Crippen molar-refractivity contribution in [2.75, 3.05) is 18.0 Å². The summed E-state index contributed by atoms with van der Waals surface area (Å²) in [7, 11) is 0. The van der Waals surface area contributed by atoms with Crippen molar-refractivity contribution in [1.29, 1.82) is 0 Å². The molecule has 1 saturated heterocycles. The minimum atomic E-state index is -0.861. The Kier molecular flexibility index (Phi) is 4.84. The molecule has 5 heteroatoms. The summed E-state index contributed by atoms with van der Waals surface area (Å²) in [5, 5.41) is 15.4. The molecule has 4 rings (SSSR count). The lowest BCUT2D eigenvalue weighted by atomic mass is 9.98. The Morgan fingerprint density at radius 3 is 2.59 bits per heavy atom. The molecular weight excluding hydrogens is 338 g/mol. The van der Waals surface area contributed by atoms with Crippen LogP contribution in [0.15, 0.2) is 54.7 Å². The number of carboxylic acids is 1. The van der Waals surface area contributed by atoms with Gasteiger partial charge in [-0.3, -0.25) is 4.68 Å². The highest BCUT2D eigenvalue weighted by atomic mass is 16.4. The molecule has 0 amide bonds. The van der Waals surface area contributed by atoms with Crippen LogP contribution in [0.5, 0.6) is 0 Å². The zero-order valence-electron chi connectivity index (χ0n) is 15.6. The Morgan fingerprint density at radius 1 is 1.15 bits per heavy atom. The summed E-state index contributed by atoms with van der Waals surface area (Å²) in [6.45, 7) is 4.38. The molecule has 1 unspecified atom stereocenters. The number of hydrogen-bond acceptors (Lipinski definition) is 3. The molecule has 5 nitrogen and oxygen atoms in total. The number of piperidine rings is 1. The van der Waals surface area contributed by atoms with Crippen molar-refractivity contribution in [2.45, 2.75) is 32.2 Å². The van der Waals surface area contributed by atoms with Crippen LogP contribution < -0.4 is 4.90 Å². The minimum absolute atomic E-state index is 0.417. The Bertz CT molecular complexity index is 927. The third kappa shape index (κ3) is 3.68. The fourth-order valence-electron chi connectivity index (χ4n) is 3.86. The predicted octanol–water partition coefficient (Wildman–Crippen LogP) is 4.14. The molecule has 0 spiro atoms. The van der Waals surface area contributed by atoms with Crippen LogP contribution >= 0.6 is 0 Å². The van der Waals surface area contributed by atoms with Crippen molar-refractivity contribution in [3.8, 4) is 0 Å². The zero-order chi connectivity index (χ0) is 18.8. The van der Waals surface area contributed by atoms with Crippen molar-refractivity contribution < 1.29 is 9.90 Å². The topological polar surface area (TPSA) is 58.4 Å². The molecule has 1 atom stereocenters. The number of nitrogens with zero attached hydrogens (tertiary/aromatic N) is 3. The predicted molar refractivity (Wildman–Crippen MR) is 107 cm³/mol. The van der Waals surface area contributed by atoms with Gasteiger partial charge in [0.2, 0.25) is 0 Å². The fourth-order valence-corrected chi connectivity index (χ4v) is 3.86.